The van der Waals surface area contributed by atoms with Gasteiger partial charge >= 0.3 is 6.18 Å². The first-order valence-electron chi connectivity index (χ1n) is 2.86. The molecule has 0 amide bonds. The summed E-state index contributed by atoms with van der Waals surface area (Å²) >= 11 is 0. The molecule has 0 aliphatic heterocycles. The third kappa shape index (κ3) is 1.39. The Bertz CT molecular complexity index is 295. The number of nitrogen functional groups attached to an aromatic ring is 2. The van der Waals surface area contributed by atoms with E-state index in [2.05, 4.69) is 10.2 Å². The van der Waals surface area contributed by atoms with Crippen LogP contribution in [0.5, 0.6) is 0 Å². The van der Waals surface area contributed by atoms with Crippen molar-refractivity contribution in [2.24, 2.45) is 0 Å². The fourth-order valence-corrected chi connectivity index (χ4v) is 0.636. The van der Waals surface area contributed by atoms with Crippen LogP contribution in [0.25, 0.3) is 0 Å². The van der Waals surface area contributed by atoms with Crippen molar-refractivity contribution >= 4 is 11.5 Å². The number of aromatic nitrogens is 2. The fourth-order valence-electron chi connectivity index (χ4n) is 0.636. The van der Waals surface area contributed by atoms with Crippen LogP contribution < -0.4 is 11.5 Å². The van der Waals surface area contributed by atoms with E-state index in [0.29, 0.717) is 6.20 Å². The first-order chi connectivity index (χ1) is 5.43. The van der Waals surface area contributed by atoms with Crippen molar-refractivity contribution in [3.63, 3.8) is 0 Å². The van der Waals surface area contributed by atoms with Gasteiger partial charge in [-0.3, -0.25) is 0 Å². The van der Waals surface area contributed by atoms with Crippen LogP contribution in [-0.4, -0.2) is 10.2 Å². The van der Waals surface area contributed by atoms with Crippen LogP contribution in [-0.2, 0) is 6.18 Å². The summed E-state index contributed by atoms with van der Waals surface area (Å²) in [6.07, 6.45) is -4.00. The van der Waals surface area contributed by atoms with Crippen molar-refractivity contribution in [2.75, 3.05) is 11.5 Å². The van der Waals surface area contributed by atoms with Crippen molar-refractivity contribution in [3.8, 4) is 0 Å². The Morgan fingerprint density at radius 2 is 1.83 bits per heavy atom. The van der Waals surface area contributed by atoms with E-state index in [9.17, 15) is 13.2 Å². The molecule has 1 heterocycles. The van der Waals surface area contributed by atoms with E-state index in [0.717, 1.165) is 0 Å². The molecule has 1 rings (SSSR count). The van der Waals surface area contributed by atoms with Gasteiger partial charge in [0, 0.05) is 0 Å². The molecule has 7 heteroatoms. The van der Waals surface area contributed by atoms with Gasteiger partial charge in [0.25, 0.3) is 0 Å². The molecule has 4 nitrogen and oxygen atoms in total. The Morgan fingerprint density at radius 3 is 2.25 bits per heavy atom. The molecule has 0 bridgehead atoms. The van der Waals surface area contributed by atoms with Gasteiger partial charge in [-0.05, 0) is 0 Å². The first-order valence-corrected chi connectivity index (χ1v) is 2.86. The van der Waals surface area contributed by atoms with Gasteiger partial charge in [0.2, 0.25) is 0 Å². The van der Waals surface area contributed by atoms with E-state index in [1.165, 1.54) is 0 Å². The van der Waals surface area contributed by atoms with Crippen molar-refractivity contribution in [1.82, 2.24) is 10.2 Å². The number of anilines is 2. The number of nitrogens with two attached hydrogens (primary N) is 2. The minimum Gasteiger partial charge on any atom is -0.395 e. The Kier molecular flexibility index (Phi) is 1.79. The molecular formula is C5H5F3N4. The van der Waals surface area contributed by atoms with E-state index in [1.54, 1.807) is 0 Å². The van der Waals surface area contributed by atoms with E-state index in [4.69, 9.17) is 11.5 Å². The number of hydrogen-bond donors (Lipinski definition) is 2. The van der Waals surface area contributed by atoms with Gasteiger partial charge in [0.15, 0.2) is 5.82 Å². The molecule has 0 unspecified atom stereocenters. The number of alkyl halides is 3. The topological polar surface area (TPSA) is 77.8 Å². The summed E-state index contributed by atoms with van der Waals surface area (Å²) in [7, 11) is 0. The lowest BCUT2D eigenvalue weighted by atomic mass is 10.2. The van der Waals surface area contributed by atoms with Crippen molar-refractivity contribution in [2.45, 2.75) is 6.18 Å². The predicted molar refractivity (Wildman–Crippen MR) is 35.9 cm³/mol. The highest BCUT2D eigenvalue weighted by atomic mass is 19.4. The minimum absolute atomic E-state index is 0.412. The Morgan fingerprint density at radius 1 is 1.25 bits per heavy atom. The zero-order chi connectivity index (χ0) is 9.35. The highest BCUT2D eigenvalue weighted by Gasteiger charge is 2.34. The Balaban J connectivity index is 3.26. The van der Waals surface area contributed by atoms with Gasteiger partial charge in [-0.15, -0.1) is 5.10 Å². The monoisotopic (exact) mass is 178 g/mol. The molecule has 0 radical (unpaired) electrons. The third-order valence-electron chi connectivity index (χ3n) is 1.22. The van der Waals surface area contributed by atoms with E-state index in [-0.39, 0.29) is 0 Å². The molecule has 0 atom stereocenters. The summed E-state index contributed by atoms with van der Waals surface area (Å²) in [6.45, 7) is 0. The standard InChI is InChI=1S/C5H5F3N4/c6-5(7,8)2-1-11-12-4(10)3(2)9/h1H,(H2,9,11)(H2,10,12). The maximum Gasteiger partial charge on any atom is 0.420 e. The van der Waals surface area contributed by atoms with Crippen LogP contribution in [0.3, 0.4) is 0 Å². The lowest BCUT2D eigenvalue weighted by Crippen LogP contribution is -2.12. The van der Waals surface area contributed by atoms with Crippen LogP contribution in [0.4, 0.5) is 24.7 Å². The third-order valence-corrected chi connectivity index (χ3v) is 1.22. The SMILES string of the molecule is Nc1nncc(C(F)(F)F)c1N. The van der Waals surface area contributed by atoms with Gasteiger partial charge in [0.05, 0.1) is 11.9 Å². The van der Waals surface area contributed by atoms with Crippen molar-refractivity contribution < 1.29 is 13.2 Å². The first kappa shape index (κ1) is 8.57. The van der Waals surface area contributed by atoms with Gasteiger partial charge < -0.3 is 11.5 Å². The van der Waals surface area contributed by atoms with Crippen LogP contribution in [0.1, 0.15) is 5.56 Å². The van der Waals surface area contributed by atoms with Crippen LogP contribution in [0.15, 0.2) is 6.20 Å². The smallest absolute Gasteiger partial charge is 0.395 e. The van der Waals surface area contributed by atoms with Crippen LogP contribution >= 0.6 is 0 Å². The van der Waals surface area contributed by atoms with Crippen LogP contribution in [0.2, 0.25) is 0 Å². The summed E-state index contributed by atoms with van der Waals surface area (Å²) in [5.74, 6) is -0.412. The van der Waals surface area contributed by atoms with Gasteiger partial charge in [-0.1, -0.05) is 0 Å². The van der Waals surface area contributed by atoms with Gasteiger partial charge in [0.1, 0.15) is 5.56 Å². The van der Waals surface area contributed by atoms with Crippen molar-refractivity contribution in [3.05, 3.63) is 11.8 Å². The van der Waals surface area contributed by atoms with E-state index < -0.39 is 23.2 Å². The number of halogens is 3. The molecule has 0 aliphatic carbocycles. The summed E-state index contributed by atoms with van der Waals surface area (Å²) < 4.78 is 36.1. The average Bonchev–Trinajstić information content (AvgIpc) is 1.92. The number of nitrogens with zero attached hydrogens (tertiary/aromatic N) is 2. The summed E-state index contributed by atoms with van der Waals surface area (Å²) in [5, 5.41) is 6.19. The molecule has 0 saturated heterocycles. The fraction of sp³-hybridized carbons (Fsp3) is 0.200. The normalized spacial score (nSPS) is 11.6. The Hall–Kier alpha value is -1.53. The highest BCUT2D eigenvalue weighted by Crippen LogP contribution is 2.34. The van der Waals surface area contributed by atoms with Crippen molar-refractivity contribution in [1.29, 1.82) is 0 Å². The van der Waals surface area contributed by atoms with E-state index in [1.807, 2.05) is 0 Å². The highest BCUT2D eigenvalue weighted by molar-refractivity contribution is 5.62. The second-order valence-corrected chi connectivity index (χ2v) is 2.05. The summed E-state index contributed by atoms with van der Waals surface area (Å²) in [5.41, 5.74) is 8.39. The molecule has 12 heavy (non-hydrogen) atoms. The molecule has 0 saturated carbocycles. The molecule has 0 aromatic carbocycles. The molecule has 0 spiro atoms. The molecule has 1 aromatic rings. The average molecular weight is 178 g/mol. The maximum absolute atomic E-state index is 12.0. The second kappa shape index (κ2) is 2.50. The molecule has 0 aliphatic rings. The quantitative estimate of drug-likeness (QED) is 0.611. The minimum atomic E-state index is -4.53. The number of hydrogen-bond acceptors (Lipinski definition) is 4. The Labute approximate surface area is 65.4 Å². The lowest BCUT2D eigenvalue weighted by Gasteiger charge is -2.08. The van der Waals surface area contributed by atoms with E-state index >= 15 is 0 Å². The van der Waals surface area contributed by atoms with Gasteiger partial charge in [-0.25, -0.2) is 0 Å². The zero-order valence-electron chi connectivity index (χ0n) is 5.76. The largest absolute Gasteiger partial charge is 0.420 e. The maximum atomic E-state index is 12.0. The number of rotatable bonds is 0. The second-order valence-electron chi connectivity index (χ2n) is 2.05. The summed E-state index contributed by atoms with van der Waals surface area (Å²) in [6, 6.07) is 0. The van der Waals surface area contributed by atoms with Gasteiger partial charge in [-0.2, -0.15) is 18.3 Å². The molecule has 4 N–H and O–H groups in total. The molecular weight excluding hydrogens is 173 g/mol. The zero-order valence-corrected chi connectivity index (χ0v) is 5.76. The molecule has 66 valence electrons. The summed E-state index contributed by atoms with van der Waals surface area (Å²) in [4.78, 5) is 0. The molecule has 0 fully saturated rings. The van der Waals surface area contributed by atoms with Crippen LogP contribution in [0, 0.1) is 0 Å². The molecule has 1 aromatic heterocycles. The predicted octanol–water partition coefficient (Wildman–Crippen LogP) is 0.660. The lowest BCUT2D eigenvalue weighted by molar-refractivity contribution is -0.137.